The molecule has 1 N–H and O–H groups in total. The molecule has 0 radical (unpaired) electrons. The minimum Gasteiger partial charge on any atom is -0.492 e. The lowest BCUT2D eigenvalue weighted by Crippen LogP contribution is -2.28. The molecule has 0 fully saturated rings. The van der Waals surface area contributed by atoms with Gasteiger partial charge in [-0.1, -0.05) is 23.7 Å². The zero-order valence-corrected chi connectivity index (χ0v) is 13.0. The number of nitrogens with one attached hydrogen (secondary N) is 1. The van der Waals surface area contributed by atoms with Crippen LogP contribution in [0.2, 0.25) is 5.02 Å². The third-order valence-electron chi connectivity index (χ3n) is 2.83. The van der Waals surface area contributed by atoms with Gasteiger partial charge in [0.1, 0.15) is 18.1 Å². The molecule has 0 saturated carbocycles. The van der Waals surface area contributed by atoms with Crippen LogP contribution >= 0.6 is 11.6 Å². The summed E-state index contributed by atoms with van der Waals surface area (Å²) in [6.07, 6.45) is -4.73. The first-order valence-corrected chi connectivity index (χ1v) is 7.24. The summed E-state index contributed by atoms with van der Waals surface area (Å²) in [5.41, 5.74) is 0.354. The number of carbonyl (C=O) groups excluding carboxylic acids is 1. The van der Waals surface area contributed by atoms with Crippen molar-refractivity contribution in [3.63, 3.8) is 0 Å². The molecule has 2 aromatic carbocycles. The predicted molar refractivity (Wildman–Crippen MR) is 82.4 cm³/mol. The standard InChI is InChI=1S/C16H13ClF3NO3/c17-14-4-2-1-3-13(14)15(22)21-9-10-23-11-5-7-12(8-6-11)24-16(18,19)20/h1-8H,9-10H2,(H,21,22). The summed E-state index contributed by atoms with van der Waals surface area (Å²) in [6, 6.07) is 11.6. The van der Waals surface area contributed by atoms with E-state index in [1.165, 1.54) is 12.1 Å². The lowest BCUT2D eigenvalue weighted by molar-refractivity contribution is -0.274. The summed E-state index contributed by atoms with van der Waals surface area (Å²) >= 11 is 5.90. The molecule has 0 atom stereocenters. The van der Waals surface area contributed by atoms with Crippen LogP contribution in [0.25, 0.3) is 0 Å². The summed E-state index contributed by atoms with van der Waals surface area (Å²) in [6.45, 7) is 0.362. The topological polar surface area (TPSA) is 47.6 Å². The molecule has 8 heteroatoms. The van der Waals surface area contributed by atoms with Gasteiger partial charge in [0.05, 0.1) is 17.1 Å². The van der Waals surface area contributed by atoms with Crippen molar-refractivity contribution in [1.82, 2.24) is 5.32 Å². The van der Waals surface area contributed by atoms with Gasteiger partial charge in [-0.05, 0) is 36.4 Å². The Labute approximate surface area is 141 Å². The lowest BCUT2D eigenvalue weighted by atomic mass is 10.2. The molecule has 24 heavy (non-hydrogen) atoms. The van der Waals surface area contributed by atoms with E-state index in [4.69, 9.17) is 16.3 Å². The van der Waals surface area contributed by atoms with Gasteiger partial charge in [0.2, 0.25) is 0 Å². The second-order valence-electron chi connectivity index (χ2n) is 4.60. The van der Waals surface area contributed by atoms with E-state index in [-0.39, 0.29) is 24.8 Å². The van der Waals surface area contributed by atoms with Gasteiger partial charge in [-0.2, -0.15) is 0 Å². The number of alkyl halides is 3. The number of ether oxygens (including phenoxy) is 2. The van der Waals surface area contributed by atoms with Gasteiger partial charge in [0.15, 0.2) is 0 Å². The Balaban J connectivity index is 1.76. The molecule has 1 amide bonds. The maximum absolute atomic E-state index is 12.0. The maximum Gasteiger partial charge on any atom is 0.573 e. The second kappa shape index (κ2) is 7.92. The zero-order chi connectivity index (χ0) is 17.6. The first kappa shape index (κ1) is 17.9. The third-order valence-corrected chi connectivity index (χ3v) is 3.16. The summed E-state index contributed by atoms with van der Waals surface area (Å²) in [5.74, 6) is -0.309. The van der Waals surface area contributed by atoms with Crippen LogP contribution in [0.15, 0.2) is 48.5 Å². The first-order chi connectivity index (χ1) is 11.3. The molecule has 2 rings (SSSR count). The van der Waals surface area contributed by atoms with Crippen LogP contribution in [0.1, 0.15) is 10.4 Å². The average molecular weight is 360 g/mol. The van der Waals surface area contributed by atoms with E-state index in [0.29, 0.717) is 16.3 Å². The summed E-state index contributed by atoms with van der Waals surface area (Å²) < 4.78 is 45.2. The van der Waals surface area contributed by atoms with Crippen LogP contribution in [0.4, 0.5) is 13.2 Å². The van der Waals surface area contributed by atoms with Crippen molar-refractivity contribution in [2.24, 2.45) is 0 Å². The molecule has 0 saturated heterocycles. The van der Waals surface area contributed by atoms with Crippen LogP contribution in [0.5, 0.6) is 11.5 Å². The number of rotatable bonds is 6. The normalized spacial score (nSPS) is 11.0. The molecular formula is C16H13ClF3NO3. The molecule has 0 unspecified atom stereocenters. The van der Waals surface area contributed by atoms with E-state index in [1.807, 2.05) is 0 Å². The Hall–Kier alpha value is -2.41. The second-order valence-corrected chi connectivity index (χ2v) is 5.01. The van der Waals surface area contributed by atoms with Crippen molar-refractivity contribution in [1.29, 1.82) is 0 Å². The monoisotopic (exact) mass is 359 g/mol. The molecule has 0 spiro atoms. The molecule has 2 aromatic rings. The molecule has 0 aliphatic heterocycles. The quantitative estimate of drug-likeness (QED) is 0.792. The van der Waals surface area contributed by atoms with Gasteiger partial charge in [-0.15, -0.1) is 13.2 Å². The van der Waals surface area contributed by atoms with Crippen LogP contribution in [0, 0.1) is 0 Å². The molecule has 128 valence electrons. The number of benzene rings is 2. The smallest absolute Gasteiger partial charge is 0.492 e. The number of carbonyl (C=O) groups is 1. The van der Waals surface area contributed by atoms with Crippen molar-refractivity contribution in [3.8, 4) is 11.5 Å². The summed E-state index contributed by atoms with van der Waals surface area (Å²) in [7, 11) is 0. The molecule has 0 heterocycles. The molecule has 0 aromatic heterocycles. The fourth-order valence-corrected chi connectivity index (χ4v) is 2.03. The van der Waals surface area contributed by atoms with E-state index < -0.39 is 6.36 Å². The molecule has 4 nitrogen and oxygen atoms in total. The molecule has 0 bridgehead atoms. The van der Waals surface area contributed by atoms with Gasteiger partial charge < -0.3 is 14.8 Å². The Morgan fingerprint density at radius 3 is 2.29 bits per heavy atom. The minimum atomic E-state index is -4.73. The van der Waals surface area contributed by atoms with Gasteiger partial charge >= 0.3 is 6.36 Å². The van der Waals surface area contributed by atoms with Gasteiger partial charge in [-0.3, -0.25) is 4.79 Å². The zero-order valence-electron chi connectivity index (χ0n) is 12.3. The fraction of sp³-hybridized carbons (Fsp3) is 0.188. The van der Waals surface area contributed by atoms with E-state index in [9.17, 15) is 18.0 Å². The SMILES string of the molecule is O=C(NCCOc1ccc(OC(F)(F)F)cc1)c1ccccc1Cl. The predicted octanol–water partition coefficient (Wildman–Crippen LogP) is 4.05. The Morgan fingerprint density at radius 1 is 1.04 bits per heavy atom. The largest absolute Gasteiger partial charge is 0.573 e. The number of halogens is 4. The van der Waals surface area contributed by atoms with Gasteiger partial charge in [0, 0.05) is 0 Å². The van der Waals surface area contributed by atoms with Gasteiger partial charge in [-0.25, -0.2) is 0 Å². The molecule has 0 aliphatic carbocycles. The lowest BCUT2D eigenvalue weighted by Gasteiger charge is -2.11. The summed E-state index contributed by atoms with van der Waals surface area (Å²) in [5, 5.41) is 2.97. The highest BCUT2D eigenvalue weighted by atomic mass is 35.5. The Bertz CT molecular complexity index is 690. The molecular weight excluding hydrogens is 347 g/mol. The summed E-state index contributed by atoms with van der Waals surface area (Å²) in [4.78, 5) is 11.9. The average Bonchev–Trinajstić information content (AvgIpc) is 2.52. The fourth-order valence-electron chi connectivity index (χ4n) is 1.81. The maximum atomic E-state index is 12.0. The van der Waals surface area contributed by atoms with Crippen molar-refractivity contribution in [2.45, 2.75) is 6.36 Å². The van der Waals surface area contributed by atoms with Crippen molar-refractivity contribution in [2.75, 3.05) is 13.2 Å². The highest BCUT2D eigenvalue weighted by Gasteiger charge is 2.30. The Kier molecular flexibility index (Phi) is 5.92. The van der Waals surface area contributed by atoms with Crippen molar-refractivity contribution in [3.05, 3.63) is 59.1 Å². The highest BCUT2D eigenvalue weighted by molar-refractivity contribution is 6.33. The molecule has 0 aliphatic rings. The van der Waals surface area contributed by atoms with E-state index in [2.05, 4.69) is 10.1 Å². The number of amides is 1. The first-order valence-electron chi connectivity index (χ1n) is 6.86. The van der Waals surface area contributed by atoms with E-state index in [0.717, 1.165) is 12.1 Å². The van der Waals surface area contributed by atoms with Crippen LogP contribution in [-0.2, 0) is 0 Å². The van der Waals surface area contributed by atoms with Crippen molar-refractivity contribution >= 4 is 17.5 Å². The number of hydrogen-bond donors (Lipinski definition) is 1. The van der Waals surface area contributed by atoms with Crippen LogP contribution < -0.4 is 14.8 Å². The van der Waals surface area contributed by atoms with E-state index in [1.54, 1.807) is 24.3 Å². The van der Waals surface area contributed by atoms with Crippen molar-refractivity contribution < 1.29 is 27.4 Å². The Morgan fingerprint density at radius 2 is 1.67 bits per heavy atom. The minimum absolute atomic E-state index is 0.148. The van der Waals surface area contributed by atoms with Crippen LogP contribution in [-0.4, -0.2) is 25.4 Å². The van der Waals surface area contributed by atoms with E-state index >= 15 is 0 Å². The third kappa shape index (κ3) is 5.66. The van der Waals surface area contributed by atoms with Crippen LogP contribution in [0.3, 0.4) is 0 Å². The van der Waals surface area contributed by atoms with Gasteiger partial charge in [0.25, 0.3) is 5.91 Å². The number of hydrogen-bond acceptors (Lipinski definition) is 3. The highest BCUT2D eigenvalue weighted by Crippen LogP contribution is 2.24.